The van der Waals surface area contributed by atoms with Crippen molar-refractivity contribution >= 4 is 18.2 Å². The summed E-state index contributed by atoms with van der Waals surface area (Å²) in [5.74, 6) is 0.485. The van der Waals surface area contributed by atoms with E-state index in [0.29, 0.717) is 11.5 Å². The predicted molar refractivity (Wildman–Crippen MR) is 59.9 cm³/mol. The smallest absolute Gasteiger partial charge is 0.150 e. The van der Waals surface area contributed by atoms with Gasteiger partial charge in [0.05, 0.1) is 11.4 Å². The van der Waals surface area contributed by atoms with Crippen LogP contribution >= 0.6 is 0 Å². The van der Waals surface area contributed by atoms with Crippen LogP contribution in [0.2, 0.25) is 0 Å². The van der Waals surface area contributed by atoms with Crippen LogP contribution in [0.25, 0.3) is 5.70 Å². The van der Waals surface area contributed by atoms with Crippen molar-refractivity contribution in [3.63, 3.8) is 0 Å². The predicted octanol–water partition coefficient (Wildman–Crippen LogP) is 2.35. The molecule has 0 bridgehead atoms. The van der Waals surface area contributed by atoms with Gasteiger partial charge in [0.25, 0.3) is 0 Å². The molecule has 0 N–H and O–H groups in total. The van der Waals surface area contributed by atoms with E-state index < -0.39 is 0 Å². The Balaban J connectivity index is 2.36. The number of aliphatic imine (C=N–C) groups is 1. The Kier molecular flexibility index (Phi) is 2.72. The Morgan fingerprint density at radius 2 is 2.40 bits per heavy atom. The number of rotatable bonds is 2. The normalized spacial score (nSPS) is 19.8. The van der Waals surface area contributed by atoms with Crippen LogP contribution in [0.15, 0.2) is 29.4 Å². The third-order valence-electron chi connectivity index (χ3n) is 2.33. The number of pyridine rings is 1. The van der Waals surface area contributed by atoms with Gasteiger partial charge < -0.3 is 0 Å². The van der Waals surface area contributed by atoms with Crippen LogP contribution in [0.5, 0.6) is 0 Å². The number of aldehydes is 1. The van der Waals surface area contributed by atoms with Crippen molar-refractivity contribution in [3.05, 3.63) is 35.7 Å². The van der Waals surface area contributed by atoms with E-state index in [1.165, 1.54) is 0 Å². The fourth-order valence-corrected chi connectivity index (χ4v) is 1.51. The summed E-state index contributed by atoms with van der Waals surface area (Å²) in [6, 6.07) is 3.45. The van der Waals surface area contributed by atoms with Gasteiger partial charge in [0.2, 0.25) is 0 Å². The highest BCUT2D eigenvalue weighted by Crippen LogP contribution is 2.21. The highest BCUT2D eigenvalue weighted by molar-refractivity contribution is 5.79. The van der Waals surface area contributed by atoms with Gasteiger partial charge in [-0.15, -0.1) is 0 Å². The van der Waals surface area contributed by atoms with Gasteiger partial charge in [-0.3, -0.25) is 14.8 Å². The van der Waals surface area contributed by atoms with Crippen LogP contribution in [0.4, 0.5) is 0 Å². The number of allylic oxidation sites excluding steroid dienone is 1. The molecule has 1 aliphatic heterocycles. The first-order valence-electron chi connectivity index (χ1n) is 4.95. The molecule has 15 heavy (non-hydrogen) atoms. The highest BCUT2D eigenvalue weighted by Gasteiger charge is 2.08. The molecule has 0 amide bonds. The maximum Gasteiger partial charge on any atom is 0.150 e. The van der Waals surface area contributed by atoms with Crippen molar-refractivity contribution < 1.29 is 4.79 Å². The van der Waals surface area contributed by atoms with E-state index in [1.54, 1.807) is 18.3 Å². The summed E-state index contributed by atoms with van der Waals surface area (Å²) in [5, 5.41) is 0. The molecule has 0 aliphatic carbocycles. The lowest BCUT2D eigenvalue weighted by Gasteiger charge is -2.10. The van der Waals surface area contributed by atoms with Crippen LogP contribution in [0, 0.1) is 5.92 Å². The fourth-order valence-electron chi connectivity index (χ4n) is 1.51. The summed E-state index contributed by atoms with van der Waals surface area (Å²) in [6.45, 7) is 2.13. The molecule has 1 unspecified atom stereocenters. The van der Waals surface area contributed by atoms with Gasteiger partial charge >= 0.3 is 0 Å². The molecule has 1 aromatic rings. The molecule has 3 heteroatoms. The molecule has 0 fully saturated rings. The van der Waals surface area contributed by atoms with E-state index in [2.05, 4.69) is 23.0 Å². The standard InChI is InChI=1S/C12H12N2O/c1-9-2-4-13-11(6-9)12-7-10(8-15)3-5-14-12/h3-9H,2H2,1H3. The third-order valence-corrected chi connectivity index (χ3v) is 2.33. The highest BCUT2D eigenvalue weighted by atomic mass is 16.1. The molecule has 2 rings (SSSR count). The van der Waals surface area contributed by atoms with Crippen molar-refractivity contribution in [2.75, 3.05) is 0 Å². The van der Waals surface area contributed by atoms with Crippen LogP contribution in [0.1, 0.15) is 29.4 Å². The van der Waals surface area contributed by atoms with Gasteiger partial charge in [0, 0.05) is 18.0 Å². The number of nitrogens with zero attached hydrogens (tertiary/aromatic N) is 2. The Morgan fingerprint density at radius 3 is 3.13 bits per heavy atom. The van der Waals surface area contributed by atoms with Crippen LogP contribution < -0.4 is 0 Å². The molecule has 0 saturated heterocycles. The fraction of sp³-hybridized carbons (Fsp3) is 0.250. The zero-order valence-electron chi connectivity index (χ0n) is 8.55. The maximum atomic E-state index is 10.6. The molecule has 0 saturated carbocycles. The largest absolute Gasteiger partial charge is 0.298 e. The zero-order chi connectivity index (χ0) is 10.7. The molecular weight excluding hydrogens is 188 g/mol. The lowest BCUT2D eigenvalue weighted by atomic mass is 10.0. The molecular formula is C12H12N2O. The third kappa shape index (κ3) is 2.18. The van der Waals surface area contributed by atoms with Crippen molar-refractivity contribution in [1.82, 2.24) is 4.98 Å². The van der Waals surface area contributed by atoms with Gasteiger partial charge in [0.1, 0.15) is 6.29 Å². The number of hydrogen-bond acceptors (Lipinski definition) is 3. The summed E-state index contributed by atoms with van der Waals surface area (Å²) < 4.78 is 0. The number of carbonyl (C=O) groups is 1. The quantitative estimate of drug-likeness (QED) is 0.687. The van der Waals surface area contributed by atoms with Crippen LogP contribution in [0.3, 0.4) is 0 Å². The molecule has 2 heterocycles. The van der Waals surface area contributed by atoms with Gasteiger partial charge in [-0.25, -0.2) is 0 Å². The monoisotopic (exact) mass is 200 g/mol. The second-order valence-corrected chi connectivity index (χ2v) is 3.67. The zero-order valence-corrected chi connectivity index (χ0v) is 8.55. The summed E-state index contributed by atoms with van der Waals surface area (Å²) in [7, 11) is 0. The lowest BCUT2D eigenvalue weighted by Crippen LogP contribution is -2.00. The number of aromatic nitrogens is 1. The Morgan fingerprint density at radius 1 is 1.53 bits per heavy atom. The van der Waals surface area contributed by atoms with E-state index in [0.717, 1.165) is 24.1 Å². The van der Waals surface area contributed by atoms with Crippen molar-refractivity contribution in [3.8, 4) is 0 Å². The molecule has 1 atom stereocenters. The topological polar surface area (TPSA) is 42.3 Å². The maximum absolute atomic E-state index is 10.6. The molecule has 0 spiro atoms. The molecule has 76 valence electrons. The van der Waals surface area contributed by atoms with Crippen LogP contribution in [-0.4, -0.2) is 17.5 Å². The van der Waals surface area contributed by atoms with Gasteiger partial charge in [0.15, 0.2) is 0 Å². The van der Waals surface area contributed by atoms with E-state index >= 15 is 0 Å². The Hall–Kier alpha value is -1.77. The SMILES string of the molecule is CC1C=C(c2cc(C=O)ccn2)N=CC1. The average Bonchev–Trinajstić information content (AvgIpc) is 2.29. The second-order valence-electron chi connectivity index (χ2n) is 3.67. The number of hydrogen-bond donors (Lipinski definition) is 0. The first-order valence-corrected chi connectivity index (χ1v) is 4.95. The second kappa shape index (κ2) is 4.17. The molecule has 0 radical (unpaired) electrons. The van der Waals surface area contributed by atoms with Crippen molar-refractivity contribution in [1.29, 1.82) is 0 Å². The minimum atomic E-state index is 0.485. The minimum Gasteiger partial charge on any atom is -0.298 e. The van der Waals surface area contributed by atoms with Crippen molar-refractivity contribution in [2.24, 2.45) is 10.9 Å². The summed E-state index contributed by atoms with van der Waals surface area (Å²) in [5.41, 5.74) is 2.26. The summed E-state index contributed by atoms with van der Waals surface area (Å²) >= 11 is 0. The number of carbonyl (C=O) groups excluding carboxylic acids is 1. The van der Waals surface area contributed by atoms with E-state index in [1.807, 2.05) is 6.21 Å². The van der Waals surface area contributed by atoms with Crippen LogP contribution in [-0.2, 0) is 0 Å². The Labute approximate surface area is 88.6 Å². The molecule has 0 aromatic carbocycles. The van der Waals surface area contributed by atoms with Gasteiger partial charge in [-0.05, 0) is 24.5 Å². The lowest BCUT2D eigenvalue weighted by molar-refractivity contribution is 0.112. The molecule has 1 aliphatic rings. The summed E-state index contributed by atoms with van der Waals surface area (Å²) in [6.07, 6.45) is 7.40. The first-order chi connectivity index (χ1) is 7.29. The summed E-state index contributed by atoms with van der Waals surface area (Å²) in [4.78, 5) is 19.1. The molecule has 3 nitrogen and oxygen atoms in total. The van der Waals surface area contributed by atoms with Gasteiger partial charge in [-0.1, -0.05) is 13.0 Å². The van der Waals surface area contributed by atoms with E-state index in [9.17, 15) is 4.79 Å². The van der Waals surface area contributed by atoms with Crippen molar-refractivity contribution in [2.45, 2.75) is 13.3 Å². The van der Waals surface area contributed by atoms with Gasteiger partial charge in [-0.2, -0.15) is 0 Å². The Bertz CT molecular complexity index is 435. The first kappa shape index (κ1) is 9.77. The van der Waals surface area contributed by atoms with E-state index in [4.69, 9.17) is 0 Å². The van der Waals surface area contributed by atoms with E-state index in [-0.39, 0.29) is 0 Å². The average molecular weight is 200 g/mol. The minimum absolute atomic E-state index is 0.485. The molecule has 1 aromatic heterocycles.